The van der Waals surface area contributed by atoms with E-state index < -0.39 is 0 Å². The van der Waals surface area contributed by atoms with E-state index in [1.54, 1.807) is 6.08 Å². The van der Waals surface area contributed by atoms with Crippen LogP contribution in [0.25, 0.3) is 16.8 Å². The summed E-state index contributed by atoms with van der Waals surface area (Å²) in [6.45, 7) is 17.5. The summed E-state index contributed by atoms with van der Waals surface area (Å²) < 4.78 is 5.57. The van der Waals surface area contributed by atoms with Crippen LogP contribution in [0.5, 0.6) is 0 Å². The van der Waals surface area contributed by atoms with E-state index in [-0.39, 0.29) is 0 Å². The van der Waals surface area contributed by atoms with Gasteiger partial charge in [-0.25, -0.2) is 0 Å². The summed E-state index contributed by atoms with van der Waals surface area (Å²) >= 11 is 0. The summed E-state index contributed by atoms with van der Waals surface area (Å²) in [5.41, 5.74) is 7.95. The first-order valence-electron chi connectivity index (χ1n) is 11.0. The van der Waals surface area contributed by atoms with Crippen LogP contribution in [0.3, 0.4) is 0 Å². The molecule has 0 fully saturated rings. The second-order valence-corrected chi connectivity index (χ2v) is 7.58. The monoisotopic (exact) mass is 416 g/mol. The van der Waals surface area contributed by atoms with Crippen molar-refractivity contribution >= 4 is 11.4 Å². The second kappa shape index (κ2) is 13.3. The van der Waals surface area contributed by atoms with E-state index in [0.717, 1.165) is 43.1 Å². The molecular weight excluding hydrogens is 380 g/mol. The van der Waals surface area contributed by atoms with Crippen LogP contribution in [0, 0.1) is 6.92 Å². The molecule has 0 bridgehead atoms. The molecule has 0 saturated heterocycles. The Balaban J connectivity index is 2.16. The highest BCUT2D eigenvalue weighted by molar-refractivity contribution is 5.83. The fraction of sp³-hybridized carbons (Fsp3) is 0.286. The summed E-state index contributed by atoms with van der Waals surface area (Å²) in [6.07, 6.45) is 8.83. The molecular formula is C28H36N2O. The number of hydrogen-bond donors (Lipinski definition) is 2. The highest BCUT2D eigenvalue weighted by Crippen LogP contribution is 2.31. The molecule has 2 aromatic rings. The summed E-state index contributed by atoms with van der Waals surface area (Å²) in [6, 6.07) is 14.9. The molecule has 0 unspecified atom stereocenters. The Kier molecular flexibility index (Phi) is 10.4. The molecule has 3 heteroatoms. The van der Waals surface area contributed by atoms with Crippen molar-refractivity contribution in [2.24, 2.45) is 0 Å². The lowest BCUT2D eigenvalue weighted by Crippen LogP contribution is -2.15. The summed E-state index contributed by atoms with van der Waals surface area (Å²) in [7, 11) is 0. The van der Waals surface area contributed by atoms with Crippen LogP contribution in [0.15, 0.2) is 85.5 Å². The third kappa shape index (κ3) is 7.95. The van der Waals surface area contributed by atoms with Gasteiger partial charge in [-0.2, -0.15) is 0 Å². The third-order valence-electron chi connectivity index (χ3n) is 4.88. The van der Waals surface area contributed by atoms with E-state index in [2.05, 4.69) is 93.1 Å². The minimum absolute atomic E-state index is 0.712. The van der Waals surface area contributed by atoms with Crippen LogP contribution in [-0.2, 0) is 4.74 Å². The van der Waals surface area contributed by atoms with E-state index in [1.165, 1.54) is 22.3 Å². The average Bonchev–Trinajstić information content (AvgIpc) is 2.77. The first-order chi connectivity index (χ1) is 15.1. The molecule has 0 aliphatic heterocycles. The van der Waals surface area contributed by atoms with Crippen molar-refractivity contribution in [1.82, 2.24) is 5.32 Å². The Labute approximate surface area is 188 Å². The fourth-order valence-electron chi connectivity index (χ4n) is 3.31. The van der Waals surface area contributed by atoms with Crippen molar-refractivity contribution < 1.29 is 4.74 Å². The van der Waals surface area contributed by atoms with Crippen LogP contribution in [-0.4, -0.2) is 26.3 Å². The topological polar surface area (TPSA) is 33.3 Å². The van der Waals surface area contributed by atoms with E-state index in [4.69, 9.17) is 4.74 Å². The van der Waals surface area contributed by atoms with Crippen molar-refractivity contribution in [2.45, 2.75) is 27.2 Å². The van der Waals surface area contributed by atoms with Crippen LogP contribution < -0.4 is 10.6 Å². The lowest BCUT2D eigenvalue weighted by Gasteiger charge is -2.18. The molecule has 0 heterocycles. The molecule has 2 rings (SSSR count). The first kappa shape index (κ1) is 24.2. The smallest absolute Gasteiger partial charge is 0.0639 e. The number of allylic oxidation sites excluding steroid dienone is 4. The largest absolute Gasteiger partial charge is 0.383 e. The van der Waals surface area contributed by atoms with Gasteiger partial charge in [-0.1, -0.05) is 80.3 Å². The maximum Gasteiger partial charge on any atom is 0.0639 e. The van der Waals surface area contributed by atoms with Gasteiger partial charge in [0.25, 0.3) is 0 Å². The van der Waals surface area contributed by atoms with Gasteiger partial charge >= 0.3 is 0 Å². The van der Waals surface area contributed by atoms with Gasteiger partial charge in [0, 0.05) is 36.6 Å². The van der Waals surface area contributed by atoms with E-state index in [9.17, 15) is 0 Å². The number of rotatable bonds is 13. The first-order valence-corrected chi connectivity index (χ1v) is 11.0. The van der Waals surface area contributed by atoms with Gasteiger partial charge in [0.15, 0.2) is 0 Å². The van der Waals surface area contributed by atoms with Crippen molar-refractivity contribution in [3.63, 3.8) is 0 Å². The number of anilines is 1. The molecule has 3 nitrogen and oxygen atoms in total. The Hall–Kier alpha value is -3.04. The number of benzene rings is 2. The standard InChI is InChI=1S/C28H36N2O/c1-6-8-9-12-22(3)21-30-24(5)28-23(4)13-10-16-27(28)25-14-11-15-26(20-25)29-17-19-31-18-7-2/h6,8-16,20,29-30H,1,5,7,17-19,21H2,2-4H3/b9-8-,22-12+. The second-order valence-electron chi connectivity index (χ2n) is 7.58. The predicted molar refractivity (Wildman–Crippen MR) is 136 cm³/mol. The maximum absolute atomic E-state index is 5.57. The quantitative estimate of drug-likeness (QED) is 0.280. The van der Waals surface area contributed by atoms with Gasteiger partial charge in [-0.05, 0) is 49.1 Å². The van der Waals surface area contributed by atoms with Gasteiger partial charge in [0.1, 0.15) is 0 Å². The SMILES string of the molecule is C=C/C=C\C=C(/C)CNC(=C)c1c(C)cccc1-c1cccc(NCCOCCC)c1. The van der Waals surface area contributed by atoms with Gasteiger partial charge in [0.05, 0.1) is 6.61 Å². The van der Waals surface area contributed by atoms with Crippen molar-refractivity contribution in [1.29, 1.82) is 0 Å². The lowest BCUT2D eigenvalue weighted by atomic mass is 9.94. The molecule has 0 amide bonds. The molecule has 31 heavy (non-hydrogen) atoms. The normalized spacial score (nSPS) is 11.5. The Morgan fingerprint density at radius 1 is 1.10 bits per heavy atom. The lowest BCUT2D eigenvalue weighted by molar-refractivity contribution is 0.144. The molecule has 0 spiro atoms. The molecule has 0 aromatic heterocycles. The highest BCUT2D eigenvalue weighted by Gasteiger charge is 2.11. The number of nitrogens with one attached hydrogen (secondary N) is 2. The molecule has 0 radical (unpaired) electrons. The van der Waals surface area contributed by atoms with Gasteiger partial charge in [-0.15, -0.1) is 0 Å². The van der Waals surface area contributed by atoms with Crippen molar-refractivity contribution in [2.75, 3.05) is 31.6 Å². The Bertz CT molecular complexity index is 924. The van der Waals surface area contributed by atoms with E-state index >= 15 is 0 Å². The van der Waals surface area contributed by atoms with Crippen LogP contribution in [0.4, 0.5) is 5.69 Å². The maximum atomic E-state index is 5.57. The molecule has 2 N–H and O–H groups in total. The van der Waals surface area contributed by atoms with Gasteiger partial charge in [0.2, 0.25) is 0 Å². The minimum Gasteiger partial charge on any atom is -0.383 e. The Morgan fingerprint density at radius 3 is 2.68 bits per heavy atom. The highest BCUT2D eigenvalue weighted by atomic mass is 16.5. The van der Waals surface area contributed by atoms with Gasteiger partial charge < -0.3 is 15.4 Å². The number of aryl methyl sites for hydroxylation is 1. The van der Waals surface area contributed by atoms with Crippen molar-refractivity contribution in [3.8, 4) is 11.1 Å². The van der Waals surface area contributed by atoms with Crippen molar-refractivity contribution in [3.05, 3.63) is 96.6 Å². The minimum atomic E-state index is 0.712. The molecule has 0 saturated carbocycles. The van der Waals surface area contributed by atoms with Crippen LogP contribution >= 0.6 is 0 Å². The molecule has 0 atom stereocenters. The molecule has 2 aromatic carbocycles. The summed E-state index contributed by atoms with van der Waals surface area (Å²) in [4.78, 5) is 0. The zero-order chi connectivity index (χ0) is 22.5. The fourth-order valence-corrected chi connectivity index (χ4v) is 3.31. The Morgan fingerprint density at radius 2 is 1.90 bits per heavy atom. The molecule has 164 valence electrons. The van der Waals surface area contributed by atoms with Crippen LogP contribution in [0.2, 0.25) is 0 Å². The summed E-state index contributed by atoms with van der Waals surface area (Å²) in [5, 5.41) is 6.95. The summed E-state index contributed by atoms with van der Waals surface area (Å²) in [5.74, 6) is 0. The van der Waals surface area contributed by atoms with Crippen LogP contribution in [0.1, 0.15) is 31.4 Å². The molecule has 0 aliphatic carbocycles. The van der Waals surface area contributed by atoms with E-state index in [0.29, 0.717) is 6.61 Å². The average molecular weight is 417 g/mol. The number of ether oxygens (including phenoxy) is 1. The van der Waals surface area contributed by atoms with E-state index in [1.807, 2.05) is 12.2 Å². The van der Waals surface area contributed by atoms with Gasteiger partial charge in [-0.3, -0.25) is 0 Å². The number of hydrogen-bond acceptors (Lipinski definition) is 3. The zero-order valence-corrected chi connectivity index (χ0v) is 19.2. The predicted octanol–water partition coefficient (Wildman–Crippen LogP) is 6.75. The molecule has 0 aliphatic rings. The third-order valence-corrected chi connectivity index (χ3v) is 4.88. The zero-order valence-electron chi connectivity index (χ0n) is 19.2.